The first kappa shape index (κ1) is 18.9. The fraction of sp³-hybridized carbons (Fsp3) is 0.182. The molecule has 5 nitrogen and oxygen atoms in total. The lowest BCUT2D eigenvalue weighted by Crippen LogP contribution is -2.46. The molecule has 0 bridgehead atoms. The van der Waals surface area contributed by atoms with Crippen LogP contribution in [0.4, 0.5) is 30.8 Å². The Kier molecular flexibility index (Phi) is 5.12. The van der Waals surface area contributed by atoms with Crippen LogP contribution in [-0.4, -0.2) is 24.1 Å². The first-order chi connectivity index (χ1) is 14.0. The van der Waals surface area contributed by atoms with Crippen LogP contribution in [0.5, 0.6) is 0 Å². The van der Waals surface area contributed by atoms with E-state index >= 15 is 0 Å². The van der Waals surface area contributed by atoms with Crippen LogP contribution in [-0.2, 0) is 6.54 Å². The molecule has 0 fully saturated rings. The van der Waals surface area contributed by atoms with Crippen molar-refractivity contribution in [3.05, 3.63) is 83.6 Å². The molecular weight excluding hydrogens is 374 g/mol. The van der Waals surface area contributed by atoms with Gasteiger partial charge < -0.3 is 10.2 Å². The fourth-order valence-corrected chi connectivity index (χ4v) is 3.34. The molecule has 7 heteroatoms. The predicted molar refractivity (Wildman–Crippen MR) is 109 cm³/mol. The summed E-state index contributed by atoms with van der Waals surface area (Å²) in [4.78, 5) is 20.9. The smallest absolute Gasteiger partial charge is 0.326 e. The van der Waals surface area contributed by atoms with Gasteiger partial charge in [-0.3, -0.25) is 4.90 Å². The largest absolute Gasteiger partial charge is 0.349 e. The Morgan fingerprint density at radius 1 is 1.10 bits per heavy atom. The van der Waals surface area contributed by atoms with Gasteiger partial charge in [0.1, 0.15) is 11.6 Å². The summed E-state index contributed by atoms with van der Waals surface area (Å²) < 4.78 is 27.0. The lowest BCUT2D eigenvalue weighted by atomic mass is 10.1. The number of halogens is 2. The Balaban J connectivity index is 1.56. The highest BCUT2D eigenvalue weighted by molar-refractivity contribution is 6.04. The minimum atomic E-state index is -0.817. The summed E-state index contributed by atoms with van der Waals surface area (Å²) in [6.07, 6.45) is 1.68. The maximum absolute atomic E-state index is 13.9. The van der Waals surface area contributed by atoms with Gasteiger partial charge in [-0.2, -0.15) is 0 Å². The molecule has 1 N–H and O–H groups in total. The second kappa shape index (κ2) is 7.87. The summed E-state index contributed by atoms with van der Waals surface area (Å²) >= 11 is 0. The number of hydrogen-bond donors (Lipinski definition) is 1. The molecule has 2 heterocycles. The molecule has 1 aromatic heterocycles. The van der Waals surface area contributed by atoms with Gasteiger partial charge in [-0.05, 0) is 36.8 Å². The second-order valence-corrected chi connectivity index (χ2v) is 6.96. The van der Waals surface area contributed by atoms with E-state index in [1.807, 2.05) is 13.0 Å². The maximum atomic E-state index is 13.9. The van der Waals surface area contributed by atoms with Gasteiger partial charge in [0.25, 0.3) is 0 Å². The number of carbonyl (C=O) groups is 1. The molecule has 0 saturated heterocycles. The highest BCUT2D eigenvalue weighted by atomic mass is 19.1. The van der Waals surface area contributed by atoms with Crippen LogP contribution in [0.15, 0.2) is 60.8 Å². The molecule has 3 aromatic rings. The van der Waals surface area contributed by atoms with E-state index < -0.39 is 17.7 Å². The molecule has 148 valence electrons. The van der Waals surface area contributed by atoms with Gasteiger partial charge in [0.15, 0.2) is 5.82 Å². The summed E-state index contributed by atoms with van der Waals surface area (Å²) in [5, 5.41) is 2.52. The summed E-state index contributed by atoms with van der Waals surface area (Å²) in [6.45, 7) is 3.71. The number of fused-ring (bicyclic) bond motifs is 1. The van der Waals surface area contributed by atoms with Crippen LogP contribution in [0.3, 0.4) is 0 Å². The number of benzene rings is 2. The summed E-state index contributed by atoms with van der Waals surface area (Å²) in [5.74, 6) is -0.823. The van der Waals surface area contributed by atoms with Crippen LogP contribution >= 0.6 is 0 Å². The van der Waals surface area contributed by atoms with Gasteiger partial charge in [-0.1, -0.05) is 29.8 Å². The molecule has 0 saturated carbocycles. The van der Waals surface area contributed by atoms with E-state index in [1.165, 1.54) is 16.5 Å². The SMILES string of the molecule is Cc1ccc(CN2CCN(C(=O)Nc3ccc(F)cc3F)c3cccnc32)cc1. The van der Waals surface area contributed by atoms with Gasteiger partial charge in [-0.25, -0.2) is 18.6 Å². The number of pyridine rings is 1. The molecule has 2 aromatic carbocycles. The van der Waals surface area contributed by atoms with Crippen LogP contribution in [0.2, 0.25) is 0 Å². The number of nitrogens with one attached hydrogen (secondary N) is 1. The van der Waals surface area contributed by atoms with Crippen molar-refractivity contribution >= 4 is 23.2 Å². The zero-order valence-corrected chi connectivity index (χ0v) is 15.9. The number of aryl methyl sites for hydroxylation is 1. The first-order valence-corrected chi connectivity index (χ1v) is 9.30. The summed E-state index contributed by atoms with van der Waals surface area (Å²) in [5.41, 5.74) is 2.93. The molecule has 1 aliphatic rings. The zero-order chi connectivity index (χ0) is 20.4. The number of nitrogens with zero attached hydrogens (tertiary/aromatic N) is 3. The van der Waals surface area contributed by atoms with Gasteiger partial charge in [0.2, 0.25) is 0 Å². The number of amides is 2. The minimum absolute atomic E-state index is 0.0658. The Morgan fingerprint density at radius 2 is 1.90 bits per heavy atom. The Bertz CT molecular complexity index is 1040. The number of hydrogen-bond acceptors (Lipinski definition) is 3. The lowest BCUT2D eigenvalue weighted by molar-refractivity contribution is 0.256. The Labute approximate surface area is 167 Å². The van der Waals surface area contributed by atoms with Crippen molar-refractivity contribution in [1.29, 1.82) is 0 Å². The van der Waals surface area contributed by atoms with Crippen molar-refractivity contribution in [2.45, 2.75) is 13.5 Å². The third-order valence-electron chi connectivity index (χ3n) is 4.86. The zero-order valence-electron chi connectivity index (χ0n) is 15.9. The highest BCUT2D eigenvalue weighted by Crippen LogP contribution is 2.32. The van der Waals surface area contributed by atoms with Crippen molar-refractivity contribution in [2.75, 3.05) is 28.2 Å². The Morgan fingerprint density at radius 3 is 2.66 bits per heavy atom. The third kappa shape index (κ3) is 4.03. The number of urea groups is 1. The van der Waals surface area contributed by atoms with Crippen molar-refractivity contribution in [3.63, 3.8) is 0 Å². The second-order valence-electron chi connectivity index (χ2n) is 6.96. The number of aromatic nitrogens is 1. The first-order valence-electron chi connectivity index (χ1n) is 9.30. The molecule has 4 rings (SSSR count). The van der Waals surface area contributed by atoms with Crippen molar-refractivity contribution in [3.8, 4) is 0 Å². The number of anilines is 3. The van der Waals surface area contributed by atoms with E-state index in [2.05, 4.69) is 39.5 Å². The van der Waals surface area contributed by atoms with E-state index in [0.29, 0.717) is 31.1 Å². The van der Waals surface area contributed by atoms with Crippen molar-refractivity contribution in [1.82, 2.24) is 4.98 Å². The van der Waals surface area contributed by atoms with Crippen molar-refractivity contribution in [2.24, 2.45) is 0 Å². The van der Waals surface area contributed by atoms with E-state index in [-0.39, 0.29) is 5.69 Å². The van der Waals surface area contributed by atoms with Crippen LogP contribution < -0.4 is 15.1 Å². The molecule has 0 radical (unpaired) electrons. The quantitative estimate of drug-likeness (QED) is 0.699. The average Bonchev–Trinajstić information content (AvgIpc) is 2.72. The predicted octanol–water partition coefficient (Wildman–Crippen LogP) is 4.73. The lowest BCUT2D eigenvalue weighted by Gasteiger charge is -2.36. The third-order valence-corrected chi connectivity index (χ3v) is 4.86. The topological polar surface area (TPSA) is 48.5 Å². The normalized spacial score (nSPS) is 13.2. The van der Waals surface area contributed by atoms with Gasteiger partial charge in [0.05, 0.1) is 11.4 Å². The summed E-state index contributed by atoms with van der Waals surface area (Å²) in [6, 6.07) is 14.4. The molecule has 29 heavy (non-hydrogen) atoms. The minimum Gasteiger partial charge on any atom is -0.349 e. The number of rotatable bonds is 3. The molecule has 0 aliphatic carbocycles. The van der Waals surface area contributed by atoms with E-state index in [1.54, 1.807) is 12.3 Å². The fourth-order valence-electron chi connectivity index (χ4n) is 3.34. The average molecular weight is 394 g/mol. The van der Waals surface area contributed by atoms with E-state index in [9.17, 15) is 13.6 Å². The molecule has 0 atom stereocenters. The number of carbonyl (C=O) groups excluding carboxylic acids is 1. The van der Waals surface area contributed by atoms with E-state index in [0.717, 1.165) is 17.7 Å². The molecule has 0 spiro atoms. The van der Waals surface area contributed by atoms with Gasteiger partial charge in [0, 0.05) is 31.9 Å². The standard InChI is InChI=1S/C22H20F2N4O/c1-15-4-6-16(7-5-15)14-27-11-12-28(20-3-2-10-25-21(20)27)22(29)26-19-9-8-17(23)13-18(19)24/h2-10,13H,11-12,14H2,1H3,(H,26,29). The molecule has 1 aliphatic heterocycles. The molecule has 2 amide bonds. The molecular formula is C22H20F2N4O. The van der Waals surface area contributed by atoms with Crippen LogP contribution in [0.1, 0.15) is 11.1 Å². The Hall–Kier alpha value is -3.48. The molecule has 0 unspecified atom stereocenters. The monoisotopic (exact) mass is 394 g/mol. The van der Waals surface area contributed by atoms with E-state index in [4.69, 9.17) is 0 Å². The van der Waals surface area contributed by atoms with Crippen LogP contribution in [0.25, 0.3) is 0 Å². The summed E-state index contributed by atoms with van der Waals surface area (Å²) in [7, 11) is 0. The van der Waals surface area contributed by atoms with Crippen LogP contribution in [0, 0.1) is 18.6 Å². The van der Waals surface area contributed by atoms with Gasteiger partial charge >= 0.3 is 6.03 Å². The maximum Gasteiger partial charge on any atom is 0.326 e. The highest BCUT2D eigenvalue weighted by Gasteiger charge is 2.28. The van der Waals surface area contributed by atoms with Gasteiger partial charge in [-0.15, -0.1) is 0 Å². The van der Waals surface area contributed by atoms with Crippen molar-refractivity contribution < 1.29 is 13.6 Å².